The van der Waals surface area contributed by atoms with Gasteiger partial charge in [0.25, 0.3) is 0 Å². The van der Waals surface area contributed by atoms with E-state index in [1.54, 1.807) is 6.26 Å². The lowest BCUT2D eigenvalue weighted by Crippen LogP contribution is -2.13. The van der Waals surface area contributed by atoms with Gasteiger partial charge in [-0.25, -0.2) is 0 Å². The number of nitrogens with two attached hydrogens (primary N) is 1. The van der Waals surface area contributed by atoms with Crippen LogP contribution in [0.3, 0.4) is 0 Å². The van der Waals surface area contributed by atoms with Crippen LogP contribution >= 0.6 is 0 Å². The molecule has 2 N–H and O–H groups in total. The van der Waals surface area contributed by atoms with Crippen molar-refractivity contribution in [3.05, 3.63) is 59.0 Å². The first kappa shape index (κ1) is 11.9. The summed E-state index contributed by atoms with van der Waals surface area (Å²) in [5, 5.41) is 0. The van der Waals surface area contributed by atoms with Crippen molar-refractivity contribution >= 4 is 0 Å². The van der Waals surface area contributed by atoms with Crippen LogP contribution in [0.4, 0.5) is 0 Å². The zero-order valence-electron chi connectivity index (χ0n) is 10.4. The predicted molar refractivity (Wildman–Crippen MR) is 69.9 cm³/mol. The minimum absolute atomic E-state index is 0.161. The second-order valence-corrected chi connectivity index (χ2v) is 4.23. The Bertz CT molecular complexity index is 474. The SMILES string of the molecule is CCc1ccc(CC)c(C(N)c2ccco2)c1. The van der Waals surface area contributed by atoms with E-state index < -0.39 is 0 Å². The molecule has 0 fully saturated rings. The average Bonchev–Trinajstić information content (AvgIpc) is 2.91. The molecule has 1 heterocycles. The molecule has 17 heavy (non-hydrogen) atoms. The number of furan rings is 1. The Morgan fingerprint density at radius 3 is 2.59 bits per heavy atom. The summed E-state index contributed by atoms with van der Waals surface area (Å²) in [6.45, 7) is 4.31. The lowest BCUT2D eigenvalue weighted by Gasteiger charge is -2.15. The average molecular weight is 229 g/mol. The van der Waals surface area contributed by atoms with Crippen LogP contribution in [0.2, 0.25) is 0 Å². The van der Waals surface area contributed by atoms with Crippen LogP contribution in [0.1, 0.15) is 42.3 Å². The van der Waals surface area contributed by atoms with Gasteiger partial charge in [0.05, 0.1) is 12.3 Å². The van der Waals surface area contributed by atoms with Gasteiger partial charge in [0, 0.05) is 0 Å². The molecule has 1 unspecified atom stereocenters. The summed E-state index contributed by atoms with van der Waals surface area (Å²) in [5.74, 6) is 0.827. The molecule has 0 aliphatic carbocycles. The molecule has 0 amide bonds. The van der Waals surface area contributed by atoms with Crippen molar-refractivity contribution in [1.29, 1.82) is 0 Å². The smallest absolute Gasteiger partial charge is 0.125 e. The number of rotatable bonds is 4. The topological polar surface area (TPSA) is 39.2 Å². The molecule has 2 aromatic rings. The highest BCUT2D eigenvalue weighted by Gasteiger charge is 2.15. The Balaban J connectivity index is 2.41. The number of benzene rings is 1. The fourth-order valence-corrected chi connectivity index (χ4v) is 2.10. The first-order chi connectivity index (χ1) is 8.26. The van der Waals surface area contributed by atoms with E-state index in [4.69, 9.17) is 10.2 Å². The second kappa shape index (κ2) is 5.19. The van der Waals surface area contributed by atoms with E-state index in [1.807, 2.05) is 12.1 Å². The fraction of sp³-hybridized carbons (Fsp3) is 0.333. The largest absolute Gasteiger partial charge is 0.467 e. The Labute approximate surface area is 102 Å². The molecule has 2 heteroatoms. The van der Waals surface area contributed by atoms with E-state index in [2.05, 4.69) is 32.0 Å². The summed E-state index contributed by atoms with van der Waals surface area (Å²) >= 11 is 0. The Morgan fingerprint density at radius 1 is 1.18 bits per heavy atom. The van der Waals surface area contributed by atoms with Crippen molar-refractivity contribution in [2.75, 3.05) is 0 Å². The standard InChI is InChI=1S/C15H19NO/c1-3-11-7-8-12(4-2)13(10-11)15(16)14-6-5-9-17-14/h5-10,15H,3-4,16H2,1-2H3. The Kier molecular flexibility index (Phi) is 3.64. The highest BCUT2D eigenvalue weighted by atomic mass is 16.3. The molecule has 1 aromatic carbocycles. The van der Waals surface area contributed by atoms with E-state index in [9.17, 15) is 0 Å². The van der Waals surface area contributed by atoms with Gasteiger partial charge < -0.3 is 10.2 Å². The summed E-state index contributed by atoms with van der Waals surface area (Å²) in [6.07, 6.45) is 3.69. The molecule has 1 aromatic heterocycles. The molecule has 0 aliphatic rings. The molecule has 0 aliphatic heterocycles. The normalized spacial score (nSPS) is 12.6. The maximum absolute atomic E-state index is 6.27. The van der Waals surface area contributed by atoms with Gasteiger partial charge in [-0.1, -0.05) is 32.0 Å². The molecule has 2 rings (SSSR count). The van der Waals surface area contributed by atoms with Gasteiger partial charge in [0.1, 0.15) is 5.76 Å². The molecular formula is C15H19NO. The summed E-state index contributed by atoms with van der Waals surface area (Å²) in [4.78, 5) is 0. The maximum Gasteiger partial charge on any atom is 0.125 e. The third-order valence-electron chi connectivity index (χ3n) is 3.18. The van der Waals surface area contributed by atoms with Crippen LogP contribution < -0.4 is 5.73 Å². The second-order valence-electron chi connectivity index (χ2n) is 4.23. The minimum atomic E-state index is -0.161. The molecule has 0 saturated heterocycles. The molecule has 0 bridgehead atoms. The zero-order chi connectivity index (χ0) is 12.3. The van der Waals surface area contributed by atoms with Crippen LogP contribution in [0.15, 0.2) is 41.0 Å². The van der Waals surface area contributed by atoms with Gasteiger partial charge in [0.15, 0.2) is 0 Å². The Morgan fingerprint density at radius 2 is 2.00 bits per heavy atom. The van der Waals surface area contributed by atoms with E-state index in [0.717, 1.165) is 18.6 Å². The van der Waals surface area contributed by atoms with Crippen molar-refractivity contribution in [3.8, 4) is 0 Å². The van der Waals surface area contributed by atoms with Crippen LogP contribution in [0, 0.1) is 0 Å². The highest BCUT2D eigenvalue weighted by Crippen LogP contribution is 2.25. The van der Waals surface area contributed by atoms with E-state index in [-0.39, 0.29) is 6.04 Å². The maximum atomic E-state index is 6.27. The van der Waals surface area contributed by atoms with E-state index >= 15 is 0 Å². The molecule has 2 nitrogen and oxygen atoms in total. The lowest BCUT2D eigenvalue weighted by molar-refractivity contribution is 0.489. The summed E-state index contributed by atoms with van der Waals surface area (Å²) in [6, 6.07) is 10.2. The molecule has 0 saturated carbocycles. The number of hydrogen-bond donors (Lipinski definition) is 1. The van der Waals surface area contributed by atoms with Crippen LogP contribution in [-0.2, 0) is 12.8 Å². The molecule has 0 spiro atoms. The highest BCUT2D eigenvalue weighted by molar-refractivity contribution is 5.37. The van der Waals surface area contributed by atoms with Crippen molar-refractivity contribution in [1.82, 2.24) is 0 Å². The lowest BCUT2D eigenvalue weighted by atomic mass is 9.94. The van der Waals surface area contributed by atoms with Gasteiger partial charge in [-0.3, -0.25) is 0 Å². The molecule has 90 valence electrons. The summed E-state index contributed by atoms with van der Waals surface area (Å²) < 4.78 is 5.40. The molecule has 1 atom stereocenters. The van der Waals surface area contributed by atoms with Crippen molar-refractivity contribution < 1.29 is 4.42 Å². The summed E-state index contributed by atoms with van der Waals surface area (Å²) in [7, 11) is 0. The zero-order valence-corrected chi connectivity index (χ0v) is 10.4. The monoisotopic (exact) mass is 229 g/mol. The Hall–Kier alpha value is -1.54. The molecular weight excluding hydrogens is 210 g/mol. The van der Waals surface area contributed by atoms with Gasteiger partial charge in [-0.05, 0) is 41.7 Å². The number of aryl methyl sites for hydroxylation is 2. The van der Waals surface area contributed by atoms with E-state index in [1.165, 1.54) is 16.7 Å². The first-order valence-corrected chi connectivity index (χ1v) is 6.17. The predicted octanol–water partition coefficient (Wildman–Crippen LogP) is 3.45. The van der Waals surface area contributed by atoms with Crippen LogP contribution in [-0.4, -0.2) is 0 Å². The van der Waals surface area contributed by atoms with Gasteiger partial charge in [-0.15, -0.1) is 0 Å². The fourth-order valence-electron chi connectivity index (χ4n) is 2.10. The van der Waals surface area contributed by atoms with Crippen LogP contribution in [0.25, 0.3) is 0 Å². The first-order valence-electron chi connectivity index (χ1n) is 6.17. The van der Waals surface area contributed by atoms with Crippen molar-refractivity contribution in [2.24, 2.45) is 5.73 Å². The molecule has 0 radical (unpaired) electrons. The summed E-state index contributed by atoms with van der Waals surface area (Å²) in [5.41, 5.74) is 10.1. The van der Waals surface area contributed by atoms with Gasteiger partial charge >= 0.3 is 0 Å². The van der Waals surface area contributed by atoms with Gasteiger partial charge in [0.2, 0.25) is 0 Å². The van der Waals surface area contributed by atoms with E-state index in [0.29, 0.717) is 0 Å². The number of hydrogen-bond acceptors (Lipinski definition) is 2. The van der Waals surface area contributed by atoms with Crippen molar-refractivity contribution in [2.45, 2.75) is 32.7 Å². The van der Waals surface area contributed by atoms with Crippen molar-refractivity contribution in [3.63, 3.8) is 0 Å². The van der Waals surface area contributed by atoms with Gasteiger partial charge in [-0.2, -0.15) is 0 Å². The minimum Gasteiger partial charge on any atom is -0.467 e. The third kappa shape index (κ3) is 2.42. The van der Waals surface area contributed by atoms with Crippen LogP contribution in [0.5, 0.6) is 0 Å². The quantitative estimate of drug-likeness (QED) is 0.872. The third-order valence-corrected chi connectivity index (χ3v) is 3.18.